The first-order chi connectivity index (χ1) is 16.5. The number of esters is 1. The standard InChI is InChI=1S/C26H22O8/c1-29-17-7-5-6-15(10-17)11-21-24(27)19-9-8-18(14-20(19)34-21)33-26(28)16-12-22(30-2)25(32-4)23(13-16)31-3/h5-14H,1-4H3. The van der Waals surface area contributed by atoms with Gasteiger partial charge in [0.1, 0.15) is 17.2 Å². The Balaban J connectivity index is 1.56. The highest BCUT2D eigenvalue weighted by Crippen LogP contribution is 2.39. The highest BCUT2D eigenvalue weighted by molar-refractivity contribution is 6.14. The zero-order valence-corrected chi connectivity index (χ0v) is 19.0. The van der Waals surface area contributed by atoms with E-state index >= 15 is 0 Å². The van der Waals surface area contributed by atoms with E-state index in [1.807, 2.05) is 18.2 Å². The lowest BCUT2D eigenvalue weighted by Gasteiger charge is -2.13. The summed E-state index contributed by atoms with van der Waals surface area (Å²) in [7, 11) is 5.96. The van der Waals surface area contributed by atoms with E-state index in [2.05, 4.69) is 0 Å². The Morgan fingerprint density at radius 1 is 0.824 bits per heavy atom. The third-order valence-electron chi connectivity index (χ3n) is 5.14. The van der Waals surface area contributed by atoms with E-state index in [4.69, 9.17) is 28.4 Å². The maximum absolute atomic E-state index is 12.8. The molecule has 0 atom stereocenters. The van der Waals surface area contributed by atoms with Crippen LogP contribution in [0.2, 0.25) is 0 Å². The van der Waals surface area contributed by atoms with Crippen LogP contribution in [0.4, 0.5) is 0 Å². The monoisotopic (exact) mass is 462 g/mol. The van der Waals surface area contributed by atoms with E-state index in [1.54, 1.807) is 25.3 Å². The lowest BCUT2D eigenvalue weighted by atomic mass is 10.1. The minimum atomic E-state index is -0.643. The molecule has 1 aliphatic rings. The number of methoxy groups -OCH3 is 4. The molecule has 0 unspecified atom stereocenters. The zero-order chi connectivity index (χ0) is 24.2. The third kappa shape index (κ3) is 4.38. The van der Waals surface area contributed by atoms with Crippen molar-refractivity contribution in [3.63, 3.8) is 0 Å². The third-order valence-corrected chi connectivity index (χ3v) is 5.14. The Kier molecular flexibility index (Phi) is 6.40. The predicted octanol–water partition coefficient (Wildman–Crippen LogP) is 4.56. The molecule has 0 radical (unpaired) electrons. The molecule has 34 heavy (non-hydrogen) atoms. The molecule has 0 N–H and O–H groups in total. The second-order valence-electron chi connectivity index (χ2n) is 7.18. The first kappa shape index (κ1) is 22.7. The Hall–Kier alpha value is -4.46. The number of rotatable bonds is 7. The van der Waals surface area contributed by atoms with Gasteiger partial charge in [0.25, 0.3) is 0 Å². The number of Topliss-reactive ketones (excluding diaryl/α,β-unsaturated/α-hetero) is 1. The number of ether oxygens (including phenoxy) is 6. The number of benzene rings is 3. The lowest BCUT2D eigenvalue weighted by Crippen LogP contribution is -2.09. The molecule has 0 aliphatic carbocycles. The van der Waals surface area contributed by atoms with Crippen LogP contribution in [0.1, 0.15) is 26.3 Å². The fourth-order valence-corrected chi connectivity index (χ4v) is 3.48. The summed E-state index contributed by atoms with van der Waals surface area (Å²) in [6.07, 6.45) is 1.63. The fraction of sp³-hybridized carbons (Fsp3) is 0.154. The largest absolute Gasteiger partial charge is 0.497 e. The summed E-state index contributed by atoms with van der Waals surface area (Å²) in [4.78, 5) is 25.5. The maximum Gasteiger partial charge on any atom is 0.343 e. The van der Waals surface area contributed by atoms with Gasteiger partial charge in [-0.3, -0.25) is 4.79 Å². The molecule has 0 aromatic heterocycles. The Morgan fingerprint density at radius 2 is 1.56 bits per heavy atom. The van der Waals surface area contributed by atoms with Gasteiger partial charge >= 0.3 is 5.97 Å². The van der Waals surface area contributed by atoms with Crippen molar-refractivity contribution in [2.45, 2.75) is 0 Å². The average Bonchev–Trinajstić information content (AvgIpc) is 3.17. The van der Waals surface area contributed by atoms with E-state index in [9.17, 15) is 9.59 Å². The molecule has 0 saturated carbocycles. The highest BCUT2D eigenvalue weighted by atomic mass is 16.5. The van der Waals surface area contributed by atoms with E-state index in [1.165, 1.54) is 45.6 Å². The Morgan fingerprint density at radius 3 is 2.21 bits per heavy atom. The van der Waals surface area contributed by atoms with Crippen LogP contribution in [-0.2, 0) is 0 Å². The van der Waals surface area contributed by atoms with Gasteiger partial charge in [-0.1, -0.05) is 12.1 Å². The second kappa shape index (κ2) is 9.58. The van der Waals surface area contributed by atoms with Crippen LogP contribution in [0.15, 0.2) is 60.4 Å². The van der Waals surface area contributed by atoms with Gasteiger partial charge in [0.2, 0.25) is 11.5 Å². The predicted molar refractivity (Wildman–Crippen MR) is 123 cm³/mol. The van der Waals surface area contributed by atoms with Crippen LogP contribution in [0.25, 0.3) is 6.08 Å². The van der Waals surface area contributed by atoms with Gasteiger partial charge < -0.3 is 28.4 Å². The summed E-state index contributed by atoms with van der Waals surface area (Å²) in [5.41, 5.74) is 1.33. The van der Waals surface area contributed by atoms with Gasteiger partial charge in [0.15, 0.2) is 17.3 Å². The Labute approximate surface area is 196 Å². The number of hydrogen-bond donors (Lipinski definition) is 0. The van der Waals surface area contributed by atoms with Gasteiger partial charge in [0.05, 0.1) is 39.6 Å². The van der Waals surface area contributed by atoms with Crippen molar-refractivity contribution in [1.29, 1.82) is 0 Å². The molecule has 3 aromatic carbocycles. The highest BCUT2D eigenvalue weighted by Gasteiger charge is 2.28. The molecule has 0 fully saturated rings. The first-order valence-corrected chi connectivity index (χ1v) is 10.2. The van der Waals surface area contributed by atoms with Crippen LogP contribution in [0.3, 0.4) is 0 Å². The fourth-order valence-electron chi connectivity index (χ4n) is 3.48. The molecule has 8 nitrogen and oxygen atoms in total. The number of ketones is 1. The summed E-state index contributed by atoms with van der Waals surface area (Å²) in [5.74, 6) is 1.45. The van der Waals surface area contributed by atoms with Crippen molar-refractivity contribution >= 4 is 17.8 Å². The number of carbonyl (C=O) groups excluding carboxylic acids is 2. The zero-order valence-electron chi connectivity index (χ0n) is 19.0. The van der Waals surface area contributed by atoms with Crippen molar-refractivity contribution in [1.82, 2.24) is 0 Å². The van der Waals surface area contributed by atoms with Crippen molar-refractivity contribution in [3.05, 3.63) is 77.0 Å². The van der Waals surface area contributed by atoms with E-state index in [0.717, 1.165) is 5.56 Å². The number of carbonyl (C=O) groups is 2. The quantitative estimate of drug-likeness (QED) is 0.287. The first-order valence-electron chi connectivity index (χ1n) is 10.2. The van der Waals surface area contributed by atoms with Crippen LogP contribution in [-0.4, -0.2) is 40.2 Å². The van der Waals surface area contributed by atoms with Crippen molar-refractivity contribution in [2.75, 3.05) is 28.4 Å². The van der Waals surface area contributed by atoms with Crippen LogP contribution in [0.5, 0.6) is 34.5 Å². The van der Waals surface area contributed by atoms with E-state index in [0.29, 0.717) is 34.3 Å². The van der Waals surface area contributed by atoms with Crippen LogP contribution >= 0.6 is 0 Å². The molecule has 0 spiro atoms. The molecule has 1 aliphatic heterocycles. The minimum absolute atomic E-state index is 0.163. The molecule has 0 saturated heterocycles. The van der Waals surface area contributed by atoms with Gasteiger partial charge in [-0.2, -0.15) is 0 Å². The molecule has 174 valence electrons. The molecular formula is C26H22O8. The number of allylic oxidation sites excluding steroid dienone is 1. The van der Waals surface area contributed by atoms with Crippen molar-refractivity contribution in [3.8, 4) is 34.5 Å². The Bertz CT molecular complexity index is 1270. The molecule has 0 bridgehead atoms. The van der Waals surface area contributed by atoms with Gasteiger partial charge in [-0.15, -0.1) is 0 Å². The van der Waals surface area contributed by atoms with Gasteiger partial charge in [0, 0.05) is 6.07 Å². The molecule has 1 heterocycles. The summed E-state index contributed by atoms with van der Waals surface area (Å²) in [6.45, 7) is 0. The van der Waals surface area contributed by atoms with Gasteiger partial charge in [-0.05, 0) is 48.0 Å². The summed E-state index contributed by atoms with van der Waals surface area (Å²) in [5, 5.41) is 0. The van der Waals surface area contributed by atoms with E-state index < -0.39 is 5.97 Å². The number of fused-ring (bicyclic) bond motifs is 1. The smallest absolute Gasteiger partial charge is 0.343 e. The molecule has 0 amide bonds. The maximum atomic E-state index is 12.8. The second-order valence-corrected chi connectivity index (χ2v) is 7.18. The molecular weight excluding hydrogens is 440 g/mol. The molecule has 4 rings (SSSR count). The average molecular weight is 462 g/mol. The van der Waals surface area contributed by atoms with E-state index in [-0.39, 0.29) is 22.9 Å². The summed E-state index contributed by atoms with van der Waals surface area (Å²) >= 11 is 0. The number of hydrogen-bond acceptors (Lipinski definition) is 8. The topological polar surface area (TPSA) is 89.5 Å². The summed E-state index contributed by atoms with van der Waals surface area (Å²) < 4.78 is 32.3. The minimum Gasteiger partial charge on any atom is -0.497 e. The molecule has 3 aromatic rings. The van der Waals surface area contributed by atoms with Crippen LogP contribution < -0.4 is 28.4 Å². The normalized spacial score (nSPS) is 13.2. The van der Waals surface area contributed by atoms with Gasteiger partial charge in [-0.25, -0.2) is 4.79 Å². The van der Waals surface area contributed by atoms with Crippen LogP contribution in [0, 0.1) is 0 Å². The SMILES string of the molecule is COc1cccc(C=C2Oc3cc(OC(=O)c4cc(OC)c(OC)c(OC)c4)ccc3C2=O)c1. The lowest BCUT2D eigenvalue weighted by molar-refractivity contribution is 0.0733. The molecule has 8 heteroatoms. The summed E-state index contributed by atoms with van der Waals surface area (Å²) in [6, 6.07) is 14.8. The van der Waals surface area contributed by atoms with Crippen molar-refractivity contribution in [2.24, 2.45) is 0 Å². The van der Waals surface area contributed by atoms with Crippen molar-refractivity contribution < 1.29 is 38.0 Å².